The number of hydrogen-bond donors (Lipinski definition) is 2. The molecule has 0 aliphatic carbocycles. The highest BCUT2D eigenvalue weighted by atomic mass is 35.5. The number of halogens is 1. The summed E-state index contributed by atoms with van der Waals surface area (Å²) in [5.41, 5.74) is 6.63. The first-order valence-electron chi connectivity index (χ1n) is 3.91. The number of aryl methyl sites for hydroxylation is 1. The molecule has 3 N–H and O–H groups in total. The SMILES string of the molecule is CCc1cc(Cl)c(S(=O)(=O)O)cc1N. The molecule has 6 heteroatoms. The van der Waals surface area contributed by atoms with Gasteiger partial charge in [-0.05, 0) is 24.1 Å². The Balaban J connectivity index is 3.44. The molecule has 1 aromatic rings. The van der Waals surface area contributed by atoms with Crippen molar-refractivity contribution in [3.8, 4) is 0 Å². The zero-order valence-corrected chi connectivity index (χ0v) is 9.06. The van der Waals surface area contributed by atoms with Crippen LogP contribution in [0.25, 0.3) is 0 Å². The summed E-state index contributed by atoms with van der Waals surface area (Å²) in [6, 6.07) is 2.61. The van der Waals surface area contributed by atoms with E-state index in [1.54, 1.807) is 0 Å². The molecule has 1 rings (SSSR count). The predicted molar refractivity (Wildman–Crippen MR) is 55.1 cm³/mol. The van der Waals surface area contributed by atoms with Gasteiger partial charge in [0.15, 0.2) is 0 Å². The topological polar surface area (TPSA) is 80.4 Å². The molecule has 0 atom stereocenters. The Labute approximate surface area is 87.4 Å². The van der Waals surface area contributed by atoms with E-state index in [1.807, 2.05) is 6.92 Å². The van der Waals surface area contributed by atoms with Gasteiger partial charge in [0.1, 0.15) is 4.90 Å². The van der Waals surface area contributed by atoms with Gasteiger partial charge in [-0.1, -0.05) is 18.5 Å². The van der Waals surface area contributed by atoms with Gasteiger partial charge in [0.2, 0.25) is 0 Å². The van der Waals surface area contributed by atoms with Crippen molar-refractivity contribution in [2.75, 3.05) is 5.73 Å². The average molecular weight is 236 g/mol. The molecule has 0 saturated carbocycles. The number of rotatable bonds is 2. The van der Waals surface area contributed by atoms with E-state index in [-0.39, 0.29) is 9.92 Å². The second-order valence-electron chi connectivity index (χ2n) is 2.81. The highest BCUT2D eigenvalue weighted by Crippen LogP contribution is 2.27. The number of hydrogen-bond acceptors (Lipinski definition) is 3. The fraction of sp³-hybridized carbons (Fsp3) is 0.250. The lowest BCUT2D eigenvalue weighted by Gasteiger charge is -2.06. The first kappa shape index (κ1) is 11.3. The van der Waals surface area contributed by atoms with Crippen molar-refractivity contribution in [3.63, 3.8) is 0 Å². The lowest BCUT2D eigenvalue weighted by atomic mass is 10.1. The quantitative estimate of drug-likeness (QED) is 0.604. The Hall–Kier alpha value is -0.780. The molecule has 4 nitrogen and oxygen atoms in total. The van der Waals surface area contributed by atoms with Crippen LogP contribution in [0.3, 0.4) is 0 Å². The minimum Gasteiger partial charge on any atom is -0.398 e. The summed E-state index contributed by atoms with van der Waals surface area (Å²) >= 11 is 5.67. The van der Waals surface area contributed by atoms with E-state index in [2.05, 4.69) is 0 Å². The third kappa shape index (κ3) is 2.17. The molecule has 0 fully saturated rings. The van der Waals surface area contributed by atoms with E-state index < -0.39 is 10.1 Å². The highest BCUT2D eigenvalue weighted by Gasteiger charge is 2.16. The third-order valence-corrected chi connectivity index (χ3v) is 3.17. The van der Waals surface area contributed by atoms with Crippen LogP contribution in [-0.4, -0.2) is 13.0 Å². The van der Waals surface area contributed by atoms with Gasteiger partial charge in [-0.25, -0.2) is 0 Å². The van der Waals surface area contributed by atoms with Crippen LogP contribution in [0, 0.1) is 0 Å². The van der Waals surface area contributed by atoms with E-state index in [9.17, 15) is 8.42 Å². The maximum absolute atomic E-state index is 10.8. The summed E-state index contributed by atoms with van der Waals surface area (Å²) in [5.74, 6) is 0. The summed E-state index contributed by atoms with van der Waals surface area (Å²) in [7, 11) is -4.29. The maximum atomic E-state index is 10.8. The first-order chi connectivity index (χ1) is 6.36. The molecule has 0 unspecified atom stereocenters. The van der Waals surface area contributed by atoms with Crippen LogP contribution in [0.4, 0.5) is 5.69 Å². The minimum absolute atomic E-state index is 0.0152. The molecule has 0 spiro atoms. The first-order valence-corrected chi connectivity index (χ1v) is 5.73. The van der Waals surface area contributed by atoms with Gasteiger partial charge in [0.25, 0.3) is 10.1 Å². The van der Waals surface area contributed by atoms with Crippen LogP contribution >= 0.6 is 11.6 Å². The lowest BCUT2D eigenvalue weighted by molar-refractivity contribution is 0.483. The van der Waals surface area contributed by atoms with E-state index in [4.69, 9.17) is 21.9 Å². The minimum atomic E-state index is -4.29. The third-order valence-electron chi connectivity index (χ3n) is 1.85. The summed E-state index contributed by atoms with van der Waals surface area (Å²) in [4.78, 5) is -0.353. The van der Waals surface area contributed by atoms with Gasteiger partial charge >= 0.3 is 0 Å². The fourth-order valence-electron chi connectivity index (χ4n) is 1.11. The van der Waals surface area contributed by atoms with Crippen LogP contribution in [0.15, 0.2) is 17.0 Å². The van der Waals surface area contributed by atoms with Gasteiger partial charge in [0.05, 0.1) is 5.02 Å². The molecule has 0 bridgehead atoms. The zero-order valence-electron chi connectivity index (χ0n) is 7.49. The average Bonchev–Trinajstić information content (AvgIpc) is 2.06. The van der Waals surface area contributed by atoms with E-state index >= 15 is 0 Å². The van der Waals surface area contributed by atoms with Crippen LogP contribution in [0.1, 0.15) is 12.5 Å². The number of nitrogen functional groups attached to an aromatic ring is 1. The summed E-state index contributed by atoms with van der Waals surface area (Å²) < 4.78 is 30.4. The second kappa shape index (κ2) is 3.76. The molecule has 0 heterocycles. The van der Waals surface area contributed by atoms with Gasteiger partial charge < -0.3 is 5.73 Å². The van der Waals surface area contributed by atoms with Crippen LogP contribution < -0.4 is 5.73 Å². The summed E-state index contributed by atoms with van der Waals surface area (Å²) in [6.45, 7) is 1.87. The molecular weight excluding hydrogens is 226 g/mol. The largest absolute Gasteiger partial charge is 0.398 e. The number of anilines is 1. The molecule has 0 radical (unpaired) electrons. The Morgan fingerprint density at radius 1 is 1.50 bits per heavy atom. The van der Waals surface area contributed by atoms with Crippen LogP contribution in [0.5, 0.6) is 0 Å². The van der Waals surface area contributed by atoms with Crippen molar-refractivity contribution in [2.24, 2.45) is 0 Å². The summed E-state index contributed by atoms with van der Waals surface area (Å²) in [6.07, 6.45) is 0.650. The molecule has 0 aliphatic rings. The van der Waals surface area contributed by atoms with Gasteiger partial charge in [-0.2, -0.15) is 8.42 Å². The Kier molecular flexibility index (Phi) is 3.04. The normalized spacial score (nSPS) is 11.6. The molecule has 1 aromatic carbocycles. The zero-order chi connectivity index (χ0) is 10.9. The van der Waals surface area contributed by atoms with Gasteiger partial charge in [-0.3, -0.25) is 4.55 Å². The standard InChI is InChI=1S/C8H10ClNO3S/c1-2-5-3-6(9)8(4-7(5)10)14(11,12)13/h3-4H,2,10H2,1H3,(H,11,12,13). The highest BCUT2D eigenvalue weighted by molar-refractivity contribution is 7.86. The van der Waals surface area contributed by atoms with Crippen LogP contribution in [-0.2, 0) is 16.5 Å². The molecule has 0 aromatic heterocycles. The maximum Gasteiger partial charge on any atom is 0.296 e. The number of benzene rings is 1. The van der Waals surface area contributed by atoms with Crippen molar-refractivity contribution < 1.29 is 13.0 Å². The fourth-order valence-corrected chi connectivity index (χ4v) is 2.17. The monoisotopic (exact) mass is 235 g/mol. The van der Waals surface area contributed by atoms with Crippen molar-refractivity contribution in [1.82, 2.24) is 0 Å². The molecule has 0 aliphatic heterocycles. The van der Waals surface area contributed by atoms with Crippen molar-refractivity contribution in [3.05, 3.63) is 22.7 Å². The molecular formula is C8H10ClNO3S. The lowest BCUT2D eigenvalue weighted by Crippen LogP contribution is -2.02. The van der Waals surface area contributed by atoms with Crippen molar-refractivity contribution >= 4 is 27.4 Å². The van der Waals surface area contributed by atoms with E-state index in [0.29, 0.717) is 12.1 Å². The molecule has 0 saturated heterocycles. The Morgan fingerprint density at radius 2 is 2.07 bits per heavy atom. The summed E-state index contributed by atoms with van der Waals surface area (Å²) in [5, 5.41) is -0.0152. The van der Waals surface area contributed by atoms with E-state index in [0.717, 1.165) is 11.6 Å². The second-order valence-corrected chi connectivity index (χ2v) is 4.61. The smallest absolute Gasteiger partial charge is 0.296 e. The Bertz CT molecular complexity index is 456. The van der Waals surface area contributed by atoms with Crippen molar-refractivity contribution in [1.29, 1.82) is 0 Å². The van der Waals surface area contributed by atoms with Crippen molar-refractivity contribution in [2.45, 2.75) is 18.2 Å². The Morgan fingerprint density at radius 3 is 2.50 bits per heavy atom. The van der Waals surface area contributed by atoms with E-state index in [1.165, 1.54) is 6.07 Å². The number of nitrogens with two attached hydrogens (primary N) is 1. The molecule has 14 heavy (non-hydrogen) atoms. The predicted octanol–water partition coefficient (Wildman–Crippen LogP) is 1.73. The molecule has 0 amide bonds. The van der Waals surface area contributed by atoms with Gasteiger partial charge in [-0.15, -0.1) is 0 Å². The van der Waals surface area contributed by atoms with Crippen LogP contribution in [0.2, 0.25) is 5.02 Å². The molecule has 78 valence electrons. The van der Waals surface area contributed by atoms with Gasteiger partial charge in [0, 0.05) is 5.69 Å².